The molecule has 1 saturated heterocycles. The van der Waals surface area contributed by atoms with Gasteiger partial charge in [-0.25, -0.2) is 18.4 Å². The first-order valence-corrected chi connectivity index (χ1v) is 10.9. The van der Waals surface area contributed by atoms with Gasteiger partial charge >= 0.3 is 10.2 Å². The van der Waals surface area contributed by atoms with Crippen LogP contribution in [0, 0.1) is 5.82 Å². The maximum atomic E-state index is 14.7. The number of carbonyl (C=O) groups is 1. The minimum Gasteiger partial charge on any atom is -0.506 e. The van der Waals surface area contributed by atoms with Gasteiger partial charge in [-0.15, -0.1) is 0 Å². The van der Waals surface area contributed by atoms with E-state index in [1.807, 2.05) is 0 Å². The van der Waals surface area contributed by atoms with E-state index in [2.05, 4.69) is 10.3 Å². The molecule has 2 aromatic rings. The summed E-state index contributed by atoms with van der Waals surface area (Å²) in [5, 5.41) is 13.7. The Kier molecular flexibility index (Phi) is 5.03. The SMILES string of the molecule is O=C1CN(c2c(O)cc(-c3ccc(NC4CCCCC4)nc3)cc2F)S(=O)(=O)N1. The molecule has 0 atom stereocenters. The van der Waals surface area contributed by atoms with Gasteiger partial charge in [0.1, 0.15) is 23.8 Å². The molecule has 2 aliphatic rings. The van der Waals surface area contributed by atoms with E-state index in [4.69, 9.17) is 0 Å². The summed E-state index contributed by atoms with van der Waals surface area (Å²) in [6.45, 7) is -0.588. The van der Waals surface area contributed by atoms with Crippen LogP contribution in [0.4, 0.5) is 15.9 Å². The van der Waals surface area contributed by atoms with Crippen LogP contribution in [0.1, 0.15) is 32.1 Å². The largest absolute Gasteiger partial charge is 0.506 e. The van der Waals surface area contributed by atoms with Gasteiger partial charge in [0.15, 0.2) is 5.82 Å². The summed E-state index contributed by atoms with van der Waals surface area (Å²) in [6.07, 6.45) is 7.46. The van der Waals surface area contributed by atoms with Gasteiger partial charge < -0.3 is 10.4 Å². The van der Waals surface area contributed by atoms with Gasteiger partial charge in [0, 0.05) is 17.8 Å². The molecule has 0 spiro atoms. The second kappa shape index (κ2) is 7.51. The fourth-order valence-corrected chi connectivity index (χ4v) is 4.92. The highest BCUT2D eigenvalue weighted by atomic mass is 32.2. The van der Waals surface area contributed by atoms with Crippen LogP contribution < -0.4 is 14.3 Å². The number of aromatic nitrogens is 1. The molecule has 2 heterocycles. The van der Waals surface area contributed by atoms with Gasteiger partial charge in [0.2, 0.25) is 0 Å². The smallest absolute Gasteiger partial charge is 0.326 e. The van der Waals surface area contributed by atoms with Crippen molar-refractivity contribution in [1.82, 2.24) is 9.71 Å². The number of pyridine rings is 1. The van der Waals surface area contributed by atoms with Crippen LogP contribution in [0.2, 0.25) is 0 Å². The van der Waals surface area contributed by atoms with E-state index in [1.165, 1.54) is 25.3 Å². The van der Waals surface area contributed by atoms with Crippen LogP contribution in [0.3, 0.4) is 0 Å². The van der Waals surface area contributed by atoms with Gasteiger partial charge in [-0.1, -0.05) is 19.3 Å². The molecule has 1 aromatic carbocycles. The zero-order valence-corrected chi connectivity index (χ0v) is 16.4. The topological polar surface area (TPSA) is 112 Å². The lowest BCUT2D eigenvalue weighted by atomic mass is 9.95. The number of phenolic OH excluding ortho intramolecular Hbond substituents is 1. The molecule has 8 nitrogen and oxygen atoms in total. The van der Waals surface area contributed by atoms with Crippen molar-refractivity contribution in [3.05, 3.63) is 36.3 Å². The molecule has 2 fully saturated rings. The third-order valence-corrected chi connectivity index (χ3v) is 6.54. The monoisotopic (exact) mass is 420 g/mol. The number of benzene rings is 1. The lowest BCUT2D eigenvalue weighted by Crippen LogP contribution is -2.30. The van der Waals surface area contributed by atoms with E-state index in [-0.39, 0.29) is 0 Å². The Morgan fingerprint density at radius 2 is 1.93 bits per heavy atom. The number of halogens is 1. The third kappa shape index (κ3) is 3.98. The molecule has 3 N–H and O–H groups in total. The fourth-order valence-electron chi connectivity index (χ4n) is 3.75. The van der Waals surface area contributed by atoms with Crippen molar-refractivity contribution in [3.63, 3.8) is 0 Å². The molecule has 1 aliphatic carbocycles. The van der Waals surface area contributed by atoms with Crippen molar-refractivity contribution in [2.24, 2.45) is 0 Å². The summed E-state index contributed by atoms with van der Waals surface area (Å²) < 4.78 is 40.8. The minimum absolute atomic E-state index is 0.344. The molecule has 29 heavy (non-hydrogen) atoms. The third-order valence-electron chi connectivity index (χ3n) is 5.17. The van der Waals surface area contributed by atoms with E-state index in [9.17, 15) is 22.7 Å². The zero-order valence-electron chi connectivity index (χ0n) is 15.6. The highest BCUT2D eigenvalue weighted by Gasteiger charge is 2.37. The number of hydrogen-bond acceptors (Lipinski definition) is 6. The zero-order chi connectivity index (χ0) is 20.6. The lowest BCUT2D eigenvalue weighted by Gasteiger charge is -2.23. The number of anilines is 2. The first kappa shape index (κ1) is 19.4. The number of nitrogens with zero attached hydrogens (tertiary/aromatic N) is 2. The number of carbonyl (C=O) groups excluding carboxylic acids is 1. The Hall–Kier alpha value is -2.88. The molecule has 4 rings (SSSR count). The molecule has 1 aliphatic heterocycles. The first-order chi connectivity index (χ1) is 13.8. The Balaban J connectivity index is 1.57. The van der Waals surface area contributed by atoms with E-state index >= 15 is 0 Å². The van der Waals surface area contributed by atoms with E-state index in [0.29, 0.717) is 21.5 Å². The predicted octanol–water partition coefficient (Wildman–Crippen LogP) is 2.52. The number of phenols is 1. The maximum absolute atomic E-state index is 14.7. The summed E-state index contributed by atoms with van der Waals surface area (Å²) in [5.74, 6) is -1.60. The lowest BCUT2D eigenvalue weighted by molar-refractivity contribution is -0.117. The molecule has 0 radical (unpaired) electrons. The first-order valence-electron chi connectivity index (χ1n) is 9.42. The summed E-state index contributed by atoms with van der Waals surface area (Å²) in [5.41, 5.74) is 0.352. The van der Waals surface area contributed by atoms with Crippen LogP contribution >= 0.6 is 0 Å². The molecule has 1 aromatic heterocycles. The molecular formula is C19H21FN4O4S. The van der Waals surface area contributed by atoms with Gasteiger partial charge in [0.25, 0.3) is 5.91 Å². The van der Waals surface area contributed by atoms with Crippen LogP contribution in [-0.4, -0.2) is 37.0 Å². The Bertz CT molecular complexity index is 1010. The van der Waals surface area contributed by atoms with Crippen LogP contribution in [0.25, 0.3) is 11.1 Å². The number of amides is 1. The number of hydrogen-bond donors (Lipinski definition) is 3. The van der Waals surface area contributed by atoms with Crippen molar-refractivity contribution in [3.8, 4) is 16.9 Å². The molecule has 154 valence electrons. The molecule has 10 heteroatoms. The summed E-state index contributed by atoms with van der Waals surface area (Å²) in [4.78, 5) is 15.7. The normalized spacial score (nSPS) is 19.2. The number of aromatic hydroxyl groups is 1. The van der Waals surface area contributed by atoms with Crippen molar-refractivity contribution < 1.29 is 22.7 Å². The predicted molar refractivity (Wildman–Crippen MR) is 106 cm³/mol. The minimum atomic E-state index is -4.22. The summed E-state index contributed by atoms with van der Waals surface area (Å²) >= 11 is 0. The number of nitrogens with one attached hydrogen (secondary N) is 2. The van der Waals surface area contributed by atoms with Gasteiger partial charge in [-0.05, 0) is 42.7 Å². The highest BCUT2D eigenvalue weighted by Crippen LogP contribution is 2.37. The van der Waals surface area contributed by atoms with Crippen LogP contribution in [-0.2, 0) is 15.0 Å². The maximum Gasteiger partial charge on any atom is 0.326 e. The molecular weight excluding hydrogens is 399 g/mol. The molecule has 1 saturated carbocycles. The second-order valence-electron chi connectivity index (χ2n) is 7.27. The van der Waals surface area contributed by atoms with Crippen LogP contribution in [0.5, 0.6) is 5.75 Å². The van der Waals surface area contributed by atoms with Gasteiger partial charge in [-0.2, -0.15) is 8.42 Å². The molecule has 0 bridgehead atoms. The van der Waals surface area contributed by atoms with E-state index in [1.54, 1.807) is 23.1 Å². The fraction of sp³-hybridized carbons (Fsp3) is 0.368. The van der Waals surface area contributed by atoms with Crippen molar-refractivity contribution >= 4 is 27.6 Å². The molecule has 0 unspecified atom stereocenters. The van der Waals surface area contributed by atoms with Crippen LogP contribution in [0.15, 0.2) is 30.5 Å². The van der Waals surface area contributed by atoms with E-state index in [0.717, 1.165) is 24.7 Å². The average Bonchev–Trinajstić information content (AvgIpc) is 2.94. The number of rotatable bonds is 4. The van der Waals surface area contributed by atoms with Gasteiger partial charge in [0.05, 0.1) is 0 Å². The molecule has 1 amide bonds. The van der Waals surface area contributed by atoms with Gasteiger partial charge in [-0.3, -0.25) is 4.79 Å². The second-order valence-corrected chi connectivity index (χ2v) is 8.87. The quantitative estimate of drug-likeness (QED) is 0.701. The highest BCUT2D eigenvalue weighted by molar-refractivity contribution is 7.92. The van der Waals surface area contributed by atoms with Crippen molar-refractivity contribution in [1.29, 1.82) is 0 Å². The Morgan fingerprint density at radius 1 is 1.17 bits per heavy atom. The Morgan fingerprint density at radius 3 is 2.52 bits per heavy atom. The van der Waals surface area contributed by atoms with Crippen molar-refractivity contribution in [2.75, 3.05) is 16.2 Å². The standard InChI is InChI=1S/C19H21FN4O4S/c20-15-8-13(9-16(25)19(15)24-11-18(26)23-29(24,27)28)12-6-7-17(21-10-12)22-14-4-2-1-3-5-14/h6-10,14,25H,1-5,11H2,(H,21,22)(H,23,26). The van der Waals surface area contributed by atoms with Crippen molar-refractivity contribution in [2.45, 2.75) is 38.1 Å². The summed E-state index contributed by atoms with van der Waals surface area (Å²) in [6, 6.07) is 6.31. The Labute approximate surface area is 167 Å². The average molecular weight is 420 g/mol. The van der Waals surface area contributed by atoms with E-state index < -0.39 is 39.9 Å². The summed E-state index contributed by atoms with van der Waals surface area (Å²) in [7, 11) is -4.22.